The van der Waals surface area contributed by atoms with Crippen molar-refractivity contribution in [1.29, 1.82) is 0 Å². The summed E-state index contributed by atoms with van der Waals surface area (Å²) >= 11 is 3.56. The molecule has 1 fully saturated rings. The third-order valence-corrected chi connectivity index (χ3v) is 3.60. The second kappa shape index (κ2) is 4.28. The van der Waals surface area contributed by atoms with Crippen molar-refractivity contribution in [2.45, 2.75) is 36.9 Å². The SMILES string of the molecule is BrCc1ccccc1C1CCCC1. The Morgan fingerprint density at radius 2 is 1.85 bits per heavy atom. The molecule has 0 aromatic heterocycles. The monoisotopic (exact) mass is 238 g/mol. The van der Waals surface area contributed by atoms with Gasteiger partial charge in [-0.25, -0.2) is 0 Å². The van der Waals surface area contributed by atoms with Gasteiger partial charge in [0.2, 0.25) is 0 Å². The van der Waals surface area contributed by atoms with E-state index in [-0.39, 0.29) is 0 Å². The van der Waals surface area contributed by atoms with Crippen LogP contribution in [0.25, 0.3) is 0 Å². The summed E-state index contributed by atoms with van der Waals surface area (Å²) in [5.41, 5.74) is 3.06. The average Bonchev–Trinajstić information content (AvgIpc) is 2.70. The lowest BCUT2D eigenvalue weighted by Gasteiger charge is -2.13. The number of benzene rings is 1. The Kier molecular flexibility index (Phi) is 3.05. The molecule has 0 aliphatic heterocycles. The first kappa shape index (κ1) is 9.26. The average molecular weight is 239 g/mol. The highest BCUT2D eigenvalue weighted by Gasteiger charge is 2.18. The van der Waals surface area contributed by atoms with Gasteiger partial charge in [-0.1, -0.05) is 53.0 Å². The van der Waals surface area contributed by atoms with E-state index in [9.17, 15) is 0 Å². The maximum atomic E-state index is 3.56. The summed E-state index contributed by atoms with van der Waals surface area (Å²) in [5.74, 6) is 0.841. The summed E-state index contributed by atoms with van der Waals surface area (Å²) in [5, 5.41) is 1.000. The van der Waals surface area contributed by atoms with Crippen LogP contribution < -0.4 is 0 Å². The van der Waals surface area contributed by atoms with Crippen molar-refractivity contribution in [3.05, 3.63) is 35.4 Å². The Hall–Kier alpha value is -0.300. The fourth-order valence-electron chi connectivity index (χ4n) is 2.29. The number of alkyl halides is 1. The van der Waals surface area contributed by atoms with Crippen LogP contribution in [0.15, 0.2) is 24.3 Å². The lowest BCUT2D eigenvalue weighted by atomic mass is 9.94. The van der Waals surface area contributed by atoms with E-state index >= 15 is 0 Å². The van der Waals surface area contributed by atoms with Crippen molar-refractivity contribution < 1.29 is 0 Å². The number of hydrogen-bond donors (Lipinski definition) is 0. The first-order valence-electron chi connectivity index (χ1n) is 5.05. The molecule has 1 aliphatic carbocycles. The highest BCUT2D eigenvalue weighted by Crippen LogP contribution is 2.36. The molecular formula is C12H15Br. The van der Waals surface area contributed by atoms with Gasteiger partial charge in [0.1, 0.15) is 0 Å². The topological polar surface area (TPSA) is 0 Å². The molecule has 0 N–H and O–H groups in total. The molecule has 1 saturated carbocycles. The van der Waals surface area contributed by atoms with Crippen LogP contribution in [0, 0.1) is 0 Å². The van der Waals surface area contributed by atoms with E-state index in [1.54, 1.807) is 5.56 Å². The van der Waals surface area contributed by atoms with Gasteiger partial charge in [-0.05, 0) is 29.9 Å². The highest BCUT2D eigenvalue weighted by atomic mass is 79.9. The van der Waals surface area contributed by atoms with Crippen LogP contribution in [0.5, 0.6) is 0 Å². The fraction of sp³-hybridized carbons (Fsp3) is 0.500. The fourth-order valence-corrected chi connectivity index (χ4v) is 2.80. The zero-order valence-corrected chi connectivity index (χ0v) is 9.39. The molecule has 0 spiro atoms. The molecule has 0 unspecified atom stereocenters. The standard InChI is InChI=1S/C12H15Br/c13-9-11-7-3-4-8-12(11)10-5-1-2-6-10/h3-4,7-8,10H,1-2,5-6,9H2. The van der Waals surface area contributed by atoms with Gasteiger partial charge in [0.25, 0.3) is 0 Å². The smallest absolute Gasteiger partial charge is 0.0285 e. The van der Waals surface area contributed by atoms with Crippen molar-refractivity contribution in [2.24, 2.45) is 0 Å². The lowest BCUT2D eigenvalue weighted by molar-refractivity contribution is 0.717. The molecule has 0 amide bonds. The van der Waals surface area contributed by atoms with Gasteiger partial charge in [0.15, 0.2) is 0 Å². The molecule has 0 saturated heterocycles. The van der Waals surface area contributed by atoms with Crippen molar-refractivity contribution in [1.82, 2.24) is 0 Å². The van der Waals surface area contributed by atoms with Crippen LogP contribution in [-0.2, 0) is 5.33 Å². The molecule has 0 atom stereocenters. The minimum absolute atomic E-state index is 0.841. The quantitative estimate of drug-likeness (QED) is 0.677. The Bertz CT molecular complexity index is 274. The Balaban J connectivity index is 2.26. The van der Waals surface area contributed by atoms with Crippen LogP contribution in [0.3, 0.4) is 0 Å². The molecule has 1 aromatic carbocycles. The van der Waals surface area contributed by atoms with Crippen molar-refractivity contribution in [3.8, 4) is 0 Å². The second-order valence-corrected chi connectivity index (χ2v) is 4.37. The maximum Gasteiger partial charge on any atom is 0.0285 e. The molecule has 1 aliphatic rings. The zero-order valence-electron chi connectivity index (χ0n) is 7.80. The second-order valence-electron chi connectivity index (χ2n) is 3.81. The summed E-state index contributed by atoms with van der Waals surface area (Å²) < 4.78 is 0. The summed E-state index contributed by atoms with van der Waals surface area (Å²) in [6.45, 7) is 0. The van der Waals surface area contributed by atoms with Crippen molar-refractivity contribution in [3.63, 3.8) is 0 Å². The van der Waals surface area contributed by atoms with Crippen LogP contribution in [0.2, 0.25) is 0 Å². The minimum Gasteiger partial charge on any atom is -0.0876 e. The summed E-state index contributed by atoms with van der Waals surface area (Å²) in [7, 11) is 0. The van der Waals surface area contributed by atoms with Gasteiger partial charge in [-0.2, -0.15) is 0 Å². The van der Waals surface area contributed by atoms with Crippen LogP contribution in [0.4, 0.5) is 0 Å². The molecule has 0 bridgehead atoms. The molecule has 1 aromatic rings. The third kappa shape index (κ3) is 1.96. The van der Waals surface area contributed by atoms with E-state index in [2.05, 4.69) is 40.2 Å². The molecule has 70 valence electrons. The predicted octanol–water partition coefficient (Wildman–Crippen LogP) is 4.24. The van der Waals surface area contributed by atoms with Gasteiger partial charge in [0, 0.05) is 5.33 Å². The normalized spacial score (nSPS) is 17.9. The first-order chi connectivity index (χ1) is 6.42. The predicted molar refractivity (Wildman–Crippen MR) is 60.3 cm³/mol. The third-order valence-electron chi connectivity index (χ3n) is 2.99. The van der Waals surface area contributed by atoms with E-state index in [1.807, 2.05) is 0 Å². The van der Waals surface area contributed by atoms with Crippen LogP contribution >= 0.6 is 15.9 Å². The van der Waals surface area contributed by atoms with E-state index in [1.165, 1.54) is 31.2 Å². The highest BCUT2D eigenvalue weighted by molar-refractivity contribution is 9.08. The molecule has 0 heterocycles. The number of rotatable bonds is 2. The van der Waals surface area contributed by atoms with Gasteiger partial charge in [0.05, 0.1) is 0 Å². The van der Waals surface area contributed by atoms with Crippen LogP contribution in [-0.4, -0.2) is 0 Å². The van der Waals surface area contributed by atoms with E-state index in [0.717, 1.165) is 11.2 Å². The van der Waals surface area contributed by atoms with Gasteiger partial charge >= 0.3 is 0 Å². The number of hydrogen-bond acceptors (Lipinski definition) is 0. The molecule has 13 heavy (non-hydrogen) atoms. The summed E-state index contributed by atoms with van der Waals surface area (Å²) in [6, 6.07) is 8.84. The Labute approximate surface area is 88.5 Å². The Morgan fingerprint density at radius 1 is 1.15 bits per heavy atom. The first-order valence-corrected chi connectivity index (χ1v) is 6.17. The van der Waals surface area contributed by atoms with E-state index < -0.39 is 0 Å². The van der Waals surface area contributed by atoms with Crippen molar-refractivity contribution in [2.75, 3.05) is 0 Å². The maximum absolute atomic E-state index is 3.56. The van der Waals surface area contributed by atoms with E-state index in [4.69, 9.17) is 0 Å². The minimum atomic E-state index is 0.841. The lowest BCUT2D eigenvalue weighted by Crippen LogP contribution is -1.96. The van der Waals surface area contributed by atoms with Gasteiger partial charge in [-0.15, -0.1) is 0 Å². The molecular weight excluding hydrogens is 224 g/mol. The summed E-state index contributed by atoms with van der Waals surface area (Å²) in [6.07, 6.45) is 5.62. The molecule has 2 rings (SSSR count). The number of halogens is 1. The van der Waals surface area contributed by atoms with Crippen molar-refractivity contribution >= 4 is 15.9 Å². The zero-order chi connectivity index (χ0) is 9.10. The van der Waals surface area contributed by atoms with Gasteiger partial charge in [-0.3, -0.25) is 0 Å². The largest absolute Gasteiger partial charge is 0.0876 e. The van der Waals surface area contributed by atoms with E-state index in [0.29, 0.717) is 0 Å². The molecule has 1 heteroatoms. The Morgan fingerprint density at radius 3 is 2.54 bits per heavy atom. The molecule has 0 nitrogen and oxygen atoms in total. The molecule has 0 radical (unpaired) electrons. The van der Waals surface area contributed by atoms with Crippen LogP contribution in [0.1, 0.15) is 42.7 Å². The summed E-state index contributed by atoms with van der Waals surface area (Å²) in [4.78, 5) is 0. The van der Waals surface area contributed by atoms with Gasteiger partial charge < -0.3 is 0 Å².